The molecule has 0 aromatic heterocycles. The molecule has 0 radical (unpaired) electrons. The molecule has 1 aromatic rings. The Morgan fingerprint density at radius 2 is 1.89 bits per heavy atom. The van der Waals surface area contributed by atoms with E-state index >= 15 is 0 Å². The van der Waals surface area contributed by atoms with Crippen molar-refractivity contribution in [1.82, 2.24) is 4.90 Å². The highest BCUT2D eigenvalue weighted by Crippen LogP contribution is 2.24. The SMILES string of the molecule is O=C(O)CCCCN1CCc2c(F)ccc(F)c2C1. The molecule has 0 atom stereocenters. The molecule has 0 fully saturated rings. The van der Waals surface area contributed by atoms with Gasteiger partial charge in [-0.1, -0.05) is 0 Å². The van der Waals surface area contributed by atoms with E-state index in [4.69, 9.17) is 5.11 Å². The Kier molecular flexibility index (Phi) is 4.47. The first kappa shape index (κ1) is 13.9. The van der Waals surface area contributed by atoms with E-state index < -0.39 is 5.97 Å². The number of carbonyl (C=O) groups is 1. The Morgan fingerprint density at radius 3 is 2.58 bits per heavy atom. The first-order valence-corrected chi connectivity index (χ1v) is 6.48. The van der Waals surface area contributed by atoms with E-state index in [9.17, 15) is 13.6 Å². The molecule has 1 heterocycles. The minimum absolute atomic E-state index is 0.160. The number of carboxylic acids is 1. The quantitative estimate of drug-likeness (QED) is 0.835. The van der Waals surface area contributed by atoms with E-state index in [0.29, 0.717) is 37.1 Å². The molecule has 1 aromatic carbocycles. The molecule has 0 aliphatic carbocycles. The van der Waals surface area contributed by atoms with Crippen molar-refractivity contribution in [2.75, 3.05) is 13.1 Å². The summed E-state index contributed by atoms with van der Waals surface area (Å²) in [5, 5.41) is 8.54. The van der Waals surface area contributed by atoms with Crippen molar-refractivity contribution in [2.45, 2.75) is 32.2 Å². The summed E-state index contributed by atoms with van der Waals surface area (Å²) in [7, 11) is 0. The lowest BCUT2D eigenvalue weighted by molar-refractivity contribution is -0.137. The largest absolute Gasteiger partial charge is 0.481 e. The van der Waals surface area contributed by atoms with E-state index in [-0.39, 0.29) is 18.1 Å². The van der Waals surface area contributed by atoms with Gasteiger partial charge in [0.1, 0.15) is 11.6 Å². The molecule has 5 heteroatoms. The highest BCUT2D eigenvalue weighted by atomic mass is 19.1. The third kappa shape index (κ3) is 3.50. The Morgan fingerprint density at radius 1 is 1.21 bits per heavy atom. The van der Waals surface area contributed by atoms with E-state index in [2.05, 4.69) is 0 Å². The van der Waals surface area contributed by atoms with Gasteiger partial charge in [0.05, 0.1) is 0 Å². The minimum Gasteiger partial charge on any atom is -0.481 e. The molecule has 2 rings (SSSR count). The van der Waals surface area contributed by atoms with Gasteiger partial charge in [-0.25, -0.2) is 8.78 Å². The smallest absolute Gasteiger partial charge is 0.303 e. The number of hydrogen-bond donors (Lipinski definition) is 1. The molecule has 19 heavy (non-hydrogen) atoms. The average molecular weight is 269 g/mol. The van der Waals surface area contributed by atoms with Crippen molar-refractivity contribution in [3.8, 4) is 0 Å². The molecule has 0 unspecified atom stereocenters. The average Bonchev–Trinajstić information content (AvgIpc) is 2.39. The fraction of sp³-hybridized carbons (Fsp3) is 0.500. The summed E-state index contributed by atoms with van der Waals surface area (Å²) < 4.78 is 27.2. The van der Waals surface area contributed by atoms with Gasteiger partial charge in [0.15, 0.2) is 0 Å². The molecular weight excluding hydrogens is 252 g/mol. The van der Waals surface area contributed by atoms with Gasteiger partial charge in [-0.05, 0) is 43.5 Å². The summed E-state index contributed by atoms with van der Waals surface area (Å²) in [5.74, 6) is -1.48. The topological polar surface area (TPSA) is 40.5 Å². The van der Waals surface area contributed by atoms with Gasteiger partial charge in [-0.15, -0.1) is 0 Å². The molecule has 3 nitrogen and oxygen atoms in total. The first-order chi connectivity index (χ1) is 9.08. The summed E-state index contributed by atoms with van der Waals surface area (Å²) in [6, 6.07) is 2.35. The zero-order valence-corrected chi connectivity index (χ0v) is 10.7. The summed E-state index contributed by atoms with van der Waals surface area (Å²) in [6.07, 6.45) is 2.05. The van der Waals surface area contributed by atoms with Crippen molar-refractivity contribution < 1.29 is 18.7 Å². The monoisotopic (exact) mass is 269 g/mol. The zero-order chi connectivity index (χ0) is 13.8. The maximum Gasteiger partial charge on any atom is 0.303 e. The van der Waals surface area contributed by atoms with Crippen LogP contribution in [0.4, 0.5) is 8.78 Å². The maximum absolute atomic E-state index is 13.6. The summed E-state index contributed by atoms with van der Waals surface area (Å²) in [4.78, 5) is 12.4. The highest BCUT2D eigenvalue weighted by Gasteiger charge is 2.21. The Labute approximate surface area is 110 Å². The van der Waals surface area contributed by atoms with Crippen LogP contribution in [0.5, 0.6) is 0 Å². The van der Waals surface area contributed by atoms with Crippen molar-refractivity contribution in [2.24, 2.45) is 0 Å². The summed E-state index contributed by atoms with van der Waals surface area (Å²) >= 11 is 0. The van der Waals surface area contributed by atoms with Crippen LogP contribution in [-0.4, -0.2) is 29.1 Å². The molecule has 1 N–H and O–H groups in total. The van der Waals surface area contributed by atoms with Gasteiger partial charge >= 0.3 is 5.97 Å². The second-order valence-corrected chi connectivity index (χ2v) is 4.86. The van der Waals surface area contributed by atoms with Gasteiger partial charge in [0.25, 0.3) is 0 Å². The van der Waals surface area contributed by atoms with Gasteiger partial charge < -0.3 is 5.11 Å². The van der Waals surface area contributed by atoms with Crippen LogP contribution in [0.15, 0.2) is 12.1 Å². The van der Waals surface area contributed by atoms with E-state index in [1.165, 1.54) is 12.1 Å². The fourth-order valence-corrected chi connectivity index (χ4v) is 2.45. The van der Waals surface area contributed by atoms with Gasteiger partial charge in [-0.2, -0.15) is 0 Å². The normalized spacial score (nSPS) is 15.3. The summed E-state index contributed by atoms with van der Waals surface area (Å²) in [6.45, 7) is 1.83. The van der Waals surface area contributed by atoms with Crippen molar-refractivity contribution in [1.29, 1.82) is 0 Å². The number of halogens is 2. The standard InChI is InChI=1S/C14H17F2NO2/c15-12-4-5-13(16)11-9-17(8-6-10(11)12)7-2-1-3-14(18)19/h4-5H,1-3,6-9H2,(H,18,19). The third-order valence-electron chi connectivity index (χ3n) is 3.49. The van der Waals surface area contributed by atoms with Crippen molar-refractivity contribution in [3.63, 3.8) is 0 Å². The number of aliphatic carboxylic acids is 1. The lowest BCUT2D eigenvalue weighted by Crippen LogP contribution is -2.32. The number of fused-ring (bicyclic) bond motifs is 1. The van der Waals surface area contributed by atoms with Crippen LogP contribution in [0.3, 0.4) is 0 Å². The molecule has 0 amide bonds. The number of rotatable bonds is 5. The Bertz CT molecular complexity index is 477. The van der Waals surface area contributed by atoms with Crippen LogP contribution >= 0.6 is 0 Å². The van der Waals surface area contributed by atoms with E-state index in [1.54, 1.807) is 0 Å². The van der Waals surface area contributed by atoms with Crippen molar-refractivity contribution in [3.05, 3.63) is 34.9 Å². The number of nitrogens with zero attached hydrogens (tertiary/aromatic N) is 1. The number of benzene rings is 1. The Balaban J connectivity index is 1.91. The summed E-state index contributed by atoms with van der Waals surface area (Å²) in [5.41, 5.74) is 0.936. The second-order valence-electron chi connectivity index (χ2n) is 4.86. The van der Waals surface area contributed by atoms with Crippen LogP contribution in [0.2, 0.25) is 0 Å². The minimum atomic E-state index is -0.794. The Hall–Kier alpha value is -1.49. The third-order valence-corrected chi connectivity index (χ3v) is 3.49. The highest BCUT2D eigenvalue weighted by molar-refractivity contribution is 5.66. The molecule has 1 aliphatic rings. The molecular formula is C14H17F2NO2. The molecule has 0 saturated carbocycles. The van der Waals surface area contributed by atoms with Crippen LogP contribution in [0, 0.1) is 11.6 Å². The maximum atomic E-state index is 13.6. The van der Waals surface area contributed by atoms with Crippen LogP contribution in [0.25, 0.3) is 0 Å². The van der Waals surface area contributed by atoms with Crippen LogP contribution < -0.4 is 0 Å². The fourth-order valence-electron chi connectivity index (χ4n) is 2.45. The number of unbranched alkanes of at least 4 members (excludes halogenated alkanes) is 1. The lowest BCUT2D eigenvalue weighted by Gasteiger charge is -2.29. The zero-order valence-electron chi connectivity index (χ0n) is 10.7. The van der Waals surface area contributed by atoms with Gasteiger partial charge in [0, 0.05) is 25.1 Å². The lowest BCUT2D eigenvalue weighted by atomic mass is 9.98. The predicted octanol–water partition coefficient (Wildman–Crippen LogP) is 2.58. The van der Waals surface area contributed by atoms with Crippen LogP contribution in [0.1, 0.15) is 30.4 Å². The molecule has 0 spiro atoms. The van der Waals surface area contributed by atoms with Gasteiger partial charge in [-0.3, -0.25) is 9.69 Å². The van der Waals surface area contributed by atoms with E-state index in [0.717, 1.165) is 13.0 Å². The predicted molar refractivity (Wildman–Crippen MR) is 66.8 cm³/mol. The first-order valence-electron chi connectivity index (χ1n) is 6.48. The molecule has 0 saturated heterocycles. The second kappa shape index (κ2) is 6.10. The molecule has 104 valence electrons. The van der Waals surface area contributed by atoms with Gasteiger partial charge in [0.2, 0.25) is 0 Å². The van der Waals surface area contributed by atoms with E-state index in [1.807, 2.05) is 4.90 Å². The molecule has 0 bridgehead atoms. The number of carboxylic acid groups (broad SMARTS) is 1. The number of hydrogen-bond acceptors (Lipinski definition) is 2. The van der Waals surface area contributed by atoms with Crippen molar-refractivity contribution >= 4 is 5.97 Å². The molecule has 1 aliphatic heterocycles. The van der Waals surface area contributed by atoms with Crippen LogP contribution in [-0.2, 0) is 17.8 Å².